The SMILES string of the molecule is COc1ccccc1-c1c(N)noc1-c1csc(I)c1. The Morgan fingerprint density at radius 3 is 2.85 bits per heavy atom. The van der Waals surface area contributed by atoms with Crippen LogP contribution in [0.15, 0.2) is 40.2 Å². The minimum absolute atomic E-state index is 0.366. The number of thiophene rings is 1. The first-order valence-corrected chi connectivity index (χ1v) is 7.79. The van der Waals surface area contributed by atoms with Crippen molar-refractivity contribution in [1.29, 1.82) is 0 Å². The van der Waals surface area contributed by atoms with Crippen LogP contribution in [-0.2, 0) is 0 Å². The molecule has 6 heteroatoms. The number of rotatable bonds is 3. The van der Waals surface area contributed by atoms with Gasteiger partial charge in [0.15, 0.2) is 11.6 Å². The third-order valence-corrected chi connectivity index (χ3v) is 4.71. The van der Waals surface area contributed by atoms with Crippen LogP contribution in [0, 0.1) is 2.88 Å². The van der Waals surface area contributed by atoms with Crippen molar-refractivity contribution in [3.05, 3.63) is 38.6 Å². The average Bonchev–Trinajstić information content (AvgIpc) is 3.04. The Morgan fingerprint density at radius 1 is 1.35 bits per heavy atom. The quantitative estimate of drug-likeness (QED) is 0.670. The van der Waals surface area contributed by atoms with E-state index >= 15 is 0 Å². The van der Waals surface area contributed by atoms with Crippen LogP contribution in [0.5, 0.6) is 5.75 Å². The number of ether oxygens (including phenoxy) is 1. The Labute approximate surface area is 133 Å². The molecule has 0 saturated carbocycles. The number of para-hydroxylation sites is 1. The van der Waals surface area contributed by atoms with Gasteiger partial charge in [0.1, 0.15) is 5.75 Å². The second-order valence-electron chi connectivity index (χ2n) is 4.11. The number of hydrogen-bond donors (Lipinski definition) is 1. The van der Waals surface area contributed by atoms with Crippen molar-refractivity contribution in [2.24, 2.45) is 0 Å². The molecule has 0 aliphatic rings. The molecular formula is C14H11IN2O2S. The Hall–Kier alpha value is -1.54. The Morgan fingerprint density at radius 2 is 2.15 bits per heavy atom. The first kappa shape index (κ1) is 13.4. The topological polar surface area (TPSA) is 61.3 Å². The molecule has 0 amide bonds. The van der Waals surface area contributed by atoms with Crippen molar-refractivity contribution in [2.45, 2.75) is 0 Å². The summed E-state index contributed by atoms with van der Waals surface area (Å²) < 4.78 is 12.0. The second kappa shape index (κ2) is 5.45. The van der Waals surface area contributed by atoms with Gasteiger partial charge in [-0.05, 0) is 34.7 Å². The fourth-order valence-electron chi connectivity index (χ4n) is 2.04. The van der Waals surface area contributed by atoms with Crippen molar-refractivity contribution in [2.75, 3.05) is 12.8 Å². The molecule has 2 aromatic heterocycles. The molecule has 102 valence electrons. The normalized spacial score (nSPS) is 10.7. The van der Waals surface area contributed by atoms with Crippen molar-refractivity contribution >= 4 is 39.7 Å². The highest BCUT2D eigenvalue weighted by molar-refractivity contribution is 14.1. The smallest absolute Gasteiger partial charge is 0.177 e. The summed E-state index contributed by atoms with van der Waals surface area (Å²) in [6.45, 7) is 0. The van der Waals surface area contributed by atoms with E-state index in [4.69, 9.17) is 15.0 Å². The number of methoxy groups -OCH3 is 1. The summed E-state index contributed by atoms with van der Waals surface area (Å²) in [6, 6.07) is 9.74. The molecule has 4 nitrogen and oxygen atoms in total. The van der Waals surface area contributed by atoms with Gasteiger partial charge in [0, 0.05) is 16.5 Å². The zero-order valence-electron chi connectivity index (χ0n) is 10.6. The Kier molecular flexibility index (Phi) is 3.66. The van der Waals surface area contributed by atoms with Crippen molar-refractivity contribution < 1.29 is 9.26 Å². The molecule has 0 aliphatic carbocycles. The van der Waals surface area contributed by atoms with Crippen molar-refractivity contribution in [3.63, 3.8) is 0 Å². The highest BCUT2D eigenvalue weighted by Gasteiger charge is 2.21. The number of aromatic nitrogens is 1. The van der Waals surface area contributed by atoms with E-state index in [0.29, 0.717) is 11.6 Å². The zero-order chi connectivity index (χ0) is 14.1. The van der Waals surface area contributed by atoms with Crippen LogP contribution in [0.2, 0.25) is 0 Å². The molecule has 3 rings (SSSR count). The Bertz CT molecular complexity index is 751. The van der Waals surface area contributed by atoms with Gasteiger partial charge in [-0.25, -0.2) is 0 Å². The van der Waals surface area contributed by atoms with Crippen LogP contribution < -0.4 is 10.5 Å². The van der Waals surface area contributed by atoms with Gasteiger partial charge in [-0.3, -0.25) is 0 Å². The molecule has 20 heavy (non-hydrogen) atoms. The number of halogens is 1. The van der Waals surface area contributed by atoms with E-state index in [0.717, 1.165) is 22.4 Å². The molecule has 3 aromatic rings. The standard InChI is InChI=1S/C14H11IN2O2S/c1-18-10-5-3-2-4-9(10)12-13(19-17-14(12)16)8-6-11(15)20-7-8/h2-7H,1H3,(H2,16,17). The molecule has 0 aliphatic heterocycles. The summed E-state index contributed by atoms with van der Waals surface area (Å²) in [4.78, 5) is 0. The number of benzene rings is 1. The lowest BCUT2D eigenvalue weighted by Crippen LogP contribution is -1.92. The number of nitrogens with zero attached hydrogens (tertiary/aromatic N) is 1. The van der Waals surface area contributed by atoms with Gasteiger partial charge >= 0.3 is 0 Å². The maximum atomic E-state index is 5.98. The lowest BCUT2D eigenvalue weighted by Gasteiger charge is -2.07. The van der Waals surface area contributed by atoms with Crippen LogP contribution in [0.1, 0.15) is 0 Å². The molecule has 1 aromatic carbocycles. The van der Waals surface area contributed by atoms with E-state index in [1.807, 2.05) is 35.7 Å². The summed E-state index contributed by atoms with van der Waals surface area (Å²) in [7, 11) is 1.63. The lowest BCUT2D eigenvalue weighted by atomic mass is 10.0. The van der Waals surface area contributed by atoms with Gasteiger partial charge in [-0.15, -0.1) is 11.3 Å². The van der Waals surface area contributed by atoms with Gasteiger partial charge in [0.05, 0.1) is 15.6 Å². The average molecular weight is 398 g/mol. The summed E-state index contributed by atoms with van der Waals surface area (Å²) in [5.74, 6) is 1.78. The molecule has 2 N–H and O–H groups in total. The molecule has 0 fully saturated rings. The van der Waals surface area contributed by atoms with E-state index in [9.17, 15) is 0 Å². The van der Waals surface area contributed by atoms with Gasteiger partial charge in [-0.2, -0.15) is 0 Å². The van der Waals surface area contributed by atoms with Crippen LogP contribution in [0.4, 0.5) is 5.82 Å². The summed E-state index contributed by atoms with van der Waals surface area (Å²) in [6.07, 6.45) is 0. The maximum absolute atomic E-state index is 5.98. The van der Waals surface area contributed by atoms with Crippen molar-refractivity contribution in [1.82, 2.24) is 5.16 Å². The van der Waals surface area contributed by atoms with Crippen LogP contribution >= 0.6 is 33.9 Å². The van der Waals surface area contributed by atoms with Gasteiger partial charge in [0.2, 0.25) is 0 Å². The predicted molar refractivity (Wildman–Crippen MR) is 88.9 cm³/mol. The van der Waals surface area contributed by atoms with Crippen LogP contribution in [0.25, 0.3) is 22.5 Å². The molecule has 2 heterocycles. The van der Waals surface area contributed by atoms with E-state index in [1.54, 1.807) is 18.4 Å². The molecular weight excluding hydrogens is 387 g/mol. The van der Waals surface area contributed by atoms with Crippen molar-refractivity contribution in [3.8, 4) is 28.2 Å². The van der Waals surface area contributed by atoms with E-state index in [1.165, 1.54) is 2.88 Å². The van der Waals surface area contributed by atoms with E-state index < -0.39 is 0 Å². The maximum Gasteiger partial charge on any atom is 0.177 e. The van der Waals surface area contributed by atoms with E-state index in [2.05, 4.69) is 27.7 Å². The first-order valence-electron chi connectivity index (χ1n) is 5.83. The van der Waals surface area contributed by atoms with Gasteiger partial charge in [-0.1, -0.05) is 23.4 Å². The molecule has 0 spiro atoms. The molecule has 0 unspecified atom stereocenters. The fourth-order valence-corrected chi connectivity index (χ4v) is 3.37. The summed E-state index contributed by atoms with van der Waals surface area (Å²) in [5.41, 5.74) is 8.61. The molecule has 0 bridgehead atoms. The third-order valence-electron chi connectivity index (χ3n) is 2.92. The monoisotopic (exact) mass is 398 g/mol. The number of nitrogens with two attached hydrogens (primary N) is 1. The molecule has 0 atom stereocenters. The largest absolute Gasteiger partial charge is 0.496 e. The second-order valence-corrected chi connectivity index (χ2v) is 6.92. The summed E-state index contributed by atoms with van der Waals surface area (Å²) >= 11 is 3.92. The zero-order valence-corrected chi connectivity index (χ0v) is 13.6. The number of anilines is 1. The fraction of sp³-hybridized carbons (Fsp3) is 0.0714. The van der Waals surface area contributed by atoms with Gasteiger partial charge in [0.25, 0.3) is 0 Å². The first-order chi connectivity index (χ1) is 9.70. The lowest BCUT2D eigenvalue weighted by molar-refractivity contribution is 0.416. The molecule has 0 saturated heterocycles. The number of hydrogen-bond acceptors (Lipinski definition) is 5. The van der Waals surface area contributed by atoms with E-state index in [-0.39, 0.29) is 0 Å². The highest BCUT2D eigenvalue weighted by Crippen LogP contribution is 2.41. The summed E-state index contributed by atoms with van der Waals surface area (Å²) in [5, 5.41) is 5.93. The minimum atomic E-state index is 0.366. The molecule has 0 radical (unpaired) electrons. The van der Waals surface area contributed by atoms with Crippen LogP contribution in [0.3, 0.4) is 0 Å². The number of nitrogen functional groups attached to an aromatic ring is 1. The van der Waals surface area contributed by atoms with Crippen LogP contribution in [-0.4, -0.2) is 12.3 Å². The van der Waals surface area contributed by atoms with Gasteiger partial charge < -0.3 is 15.0 Å². The third kappa shape index (κ3) is 2.29. The Balaban J connectivity index is 2.21. The predicted octanol–water partition coefficient (Wildman–Crippen LogP) is 4.27. The minimum Gasteiger partial charge on any atom is -0.496 e. The highest BCUT2D eigenvalue weighted by atomic mass is 127.